The maximum absolute atomic E-state index is 12.8. The first-order valence-corrected chi connectivity index (χ1v) is 7.40. The number of hydrogen-bond acceptors (Lipinski definition) is 2. The number of para-hydroxylation sites is 1. The highest BCUT2D eigenvalue weighted by atomic mass is 19.1. The monoisotopic (exact) mass is 287 g/mol. The van der Waals surface area contributed by atoms with Crippen molar-refractivity contribution in [1.82, 2.24) is 5.32 Å². The summed E-state index contributed by atoms with van der Waals surface area (Å²) in [5.74, 6) is 0.731. The van der Waals surface area contributed by atoms with Gasteiger partial charge in [-0.3, -0.25) is 0 Å². The molecule has 3 heteroatoms. The summed E-state index contributed by atoms with van der Waals surface area (Å²) in [6, 6.07) is 16.9. The first-order chi connectivity index (χ1) is 10.2. The zero-order valence-electron chi connectivity index (χ0n) is 12.4. The molecule has 2 nitrogen and oxygen atoms in total. The van der Waals surface area contributed by atoms with Gasteiger partial charge in [-0.25, -0.2) is 4.39 Å². The van der Waals surface area contributed by atoms with E-state index in [0.29, 0.717) is 12.6 Å². The summed E-state index contributed by atoms with van der Waals surface area (Å²) >= 11 is 0. The lowest BCUT2D eigenvalue weighted by molar-refractivity contribution is 0.305. The standard InChI is InChI=1S/C18H22FNO/c1-15(14-16-8-10-17(19)11-9-16)20-12-5-13-21-18-6-3-2-4-7-18/h2-4,6-11,15,20H,5,12-14H2,1H3. The van der Waals surface area contributed by atoms with Crippen molar-refractivity contribution in [1.29, 1.82) is 0 Å². The Labute approximate surface area is 126 Å². The first kappa shape index (κ1) is 15.5. The minimum Gasteiger partial charge on any atom is -0.494 e. The van der Waals surface area contributed by atoms with Crippen LogP contribution in [0.4, 0.5) is 4.39 Å². The number of nitrogens with one attached hydrogen (secondary N) is 1. The lowest BCUT2D eigenvalue weighted by Crippen LogP contribution is -2.29. The Morgan fingerprint density at radius 1 is 1.05 bits per heavy atom. The van der Waals surface area contributed by atoms with E-state index < -0.39 is 0 Å². The summed E-state index contributed by atoms with van der Waals surface area (Å²) in [5.41, 5.74) is 1.15. The van der Waals surface area contributed by atoms with Crippen LogP contribution in [0.25, 0.3) is 0 Å². The minimum atomic E-state index is -0.183. The van der Waals surface area contributed by atoms with E-state index in [-0.39, 0.29) is 5.82 Å². The summed E-state index contributed by atoms with van der Waals surface area (Å²) in [5, 5.41) is 3.46. The van der Waals surface area contributed by atoms with Gasteiger partial charge in [0.25, 0.3) is 0 Å². The molecule has 1 unspecified atom stereocenters. The van der Waals surface area contributed by atoms with Crippen LogP contribution in [0.2, 0.25) is 0 Å². The van der Waals surface area contributed by atoms with E-state index in [4.69, 9.17) is 4.74 Å². The summed E-state index contributed by atoms with van der Waals surface area (Å²) in [4.78, 5) is 0. The van der Waals surface area contributed by atoms with Gasteiger partial charge >= 0.3 is 0 Å². The Balaban J connectivity index is 1.59. The van der Waals surface area contributed by atoms with Crippen LogP contribution < -0.4 is 10.1 Å². The molecule has 21 heavy (non-hydrogen) atoms. The maximum atomic E-state index is 12.8. The van der Waals surface area contributed by atoms with Crippen LogP contribution >= 0.6 is 0 Å². The van der Waals surface area contributed by atoms with Crippen molar-refractivity contribution in [3.63, 3.8) is 0 Å². The van der Waals surface area contributed by atoms with Crippen molar-refractivity contribution in [3.05, 3.63) is 66.0 Å². The molecule has 2 rings (SSSR count). The molecule has 1 N–H and O–H groups in total. The zero-order chi connectivity index (χ0) is 14.9. The lowest BCUT2D eigenvalue weighted by Gasteiger charge is -2.14. The average Bonchev–Trinajstić information content (AvgIpc) is 2.50. The Bertz CT molecular complexity index is 513. The highest BCUT2D eigenvalue weighted by Crippen LogP contribution is 2.08. The predicted octanol–water partition coefficient (Wildman–Crippen LogP) is 3.82. The van der Waals surface area contributed by atoms with Gasteiger partial charge in [-0.15, -0.1) is 0 Å². The Morgan fingerprint density at radius 3 is 2.48 bits per heavy atom. The van der Waals surface area contributed by atoms with Crippen molar-refractivity contribution in [3.8, 4) is 5.75 Å². The maximum Gasteiger partial charge on any atom is 0.123 e. The molecule has 112 valence electrons. The van der Waals surface area contributed by atoms with Gasteiger partial charge in [0.05, 0.1) is 6.61 Å². The molecule has 0 amide bonds. The van der Waals surface area contributed by atoms with Crippen LogP contribution in [0.3, 0.4) is 0 Å². The summed E-state index contributed by atoms with van der Waals surface area (Å²) in [6.07, 6.45) is 1.86. The van der Waals surface area contributed by atoms with E-state index in [1.165, 1.54) is 12.1 Å². The van der Waals surface area contributed by atoms with Gasteiger partial charge < -0.3 is 10.1 Å². The molecule has 0 saturated carbocycles. The van der Waals surface area contributed by atoms with Crippen LogP contribution in [0.15, 0.2) is 54.6 Å². The van der Waals surface area contributed by atoms with E-state index in [0.717, 1.165) is 30.7 Å². The third-order valence-corrected chi connectivity index (χ3v) is 3.28. The molecular formula is C18H22FNO. The fraction of sp³-hybridized carbons (Fsp3) is 0.333. The third-order valence-electron chi connectivity index (χ3n) is 3.28. The molecule has 0 bridgehead atoms. The van der Waals surface area contributed by atoms with E-state index in [9.17, 15) is 4.39 Å². The quantitative estimate of drug-likeness (QED) is 0.745. The number of hydrogen-bond donors (Lipinski definition) is 1. The van der Waals surface area contributed by atoms with E-state index in [2.05, 4.69) is 12.2 Å². The van der Waals surface area contributed by atoms with Crippen LogP contribution in [0, 0.1) is 5.82 Å². The molecule has 0 spiro atoms. The van der Waals surface area contributed by atoms with Crippen molar-refractivity contribution >= 4 is 0 Å². The molecule has 0 aliphatic heterocycles. The second kappa shape index (κ2) is 8.42. The van der Waals surface area contributed by atoms with Gasteiger partial charge in [0.2, 0.25) is 0 Å². The van der Waals surface area contributed by atoms with Crippen LogP contribution in [0.1, 0.15) is 18.9 Å². The van der Waals surface area contributed by atoms with Gasteiger partial charge in [0, 0.05) is 6.04 Å². The van der Waals surface area contributed by atoms with Crippen molar-refractivity contribution in [2.24, 2.45) is 0 Å². The van der Waals surface area contributed by atoms with Gasteiger partial charge in [0.1, 0.15) is 11.6 Å². The van der Waals surface area contributed by atoms with Gasteiger partial charge in [-0.05, 0) is 56.1 Å². The van der Waals surface area contributed by atoms with E-state index in [1.54, 1.807) is 0 Å². The van der Waals surface area contributed by atoms with Crippen molar-refractivity contribution in [2.45, 2.75) is 25.8 Å². The molecular weight excluding hydrogens is 265 g/mol. The molecule has 0 aromatic heterocycles. The highest BCUT2D eigenvalue weighted by molar-refractivity contribution is 5.20. The molecule has 2 aromatic rings. The molecule has 0 heterocycles. The van der Waals surface area contributed by atoms with Gasteiger partial charge in [0.15, 0.2) is 0 Å². The van der Waals surface area contributed by atoms with Gasteiger partial charge in [-0.2, -0.15) is 0 Å². The fourth-order valence-corrected chi connectivity index (χ4v) is 2.17. The zero-order valence-corrected chi connectivity index (χ0v) is 12.4. The van der Waals surface area contributed by atoms with E-state index >= 15 is 0 Å². The molecule has 2 aromatic carbocycles. The van der Waals surface area contributed by atoms with E-state index in [1.807, 2.05) is 42.5 Å². The number of benzene rings is 2. The smallest absolute Gasteiger partial charge is 0.123 e. The predicted molar refractivity (Wildman–Crippen MR) is 84.1 cm³/mol. The molecule has 0 fully saturated rings. The third kappa shape index (κ3) is 5.96. The number of ether oxygens (including phenoxy) is 1. The normalized spacial score (nSPS) is 12.1. The largest absolute Gasteiger partial charge is 0.494 e. The Hall–Kier alpha value is -1.87. The fourth-order valence-electron chi connectivity index (χ4n) is 2.17. The molecule has 0 radical (unpaired) electrons. The van der Waals surface area contributed by atoms with Crippen LogP contribution in [-0.4, -0.2) is 19.2 Å². The second-order valence-corrected chi connectivity index (χ2v) is 5.20. The molecule has 0 saturated heterocycles. The lowest BCUT2D eigenvalue weighted by atomic mass is 10.1. The van der Waals surface area contributed by atoms with Crippen molar-refractivity contribution in [2.75, 3.05) is 13.2 Å². The first-order valence-electron chi connectivity index (χ1n) is 7.40. The van der Waals surface area contributed by atoms with Crippen LogP contribution in [-0.2, 0) is 6.42 Å². The van der Waals surface area contributed by atoms with Gasteiger partial charge in [-0.1, -0.05) is 30.3 Å². The van der Waals surface area contributed by atoms with Crippen molar-refractivity contribution < 1.29 is 9.13 Å². The molecule has 1 atom stereocenters. The Kier molecular flexibility index (Phi) is 6.22. The topological polar surface area (TPSA) is 21.3 Å². The molecule has 0 aliphatic rings. The minimum absolute atomic E-state index is 0.183. The summed E-state index contributed by atoms with van der Waals surface area (Å²) in [7, 11) is 0. The summed E-state index contributed by atoms with van der Waals surface area (Å²) in [6.45, 7) is 3.76. The average molecular weight is 287 g/mol. The number of rotatable bonds is 8. The van der Waals surface area contributed by atoms with Crippen LogP contribution in [0.5, 0.6) is 5.75 Å². The Morgan fingerprint density at radius 2 is 1.76 bits per heavy atom. The highest BCUT2D eigenvalue weighted by Gasteiger charge is 2.03. The molecule has 0 aliphatic carbocycles. The second-order valence-electron chi connectivity index (χ2n) is 5.20. The number of halogens is 1. The summed E-state index contributed by atoms with van der Waals surface area (Å²) < 4.78 is 18.5. The SMILES string of the molecule is CC(Cc1ccc(F)cc1)NCCCOc1ccccc1.